The standard InChI is InChI=1S/C9H7N3O/c1-2-4-8-7(3-1)5-12-9(13-8)10-6-11-12/h1-4,6H,5H2. The van der Waals surface area contributed by atoms with E-state index >= 15 is 0 Å². The molecular weight excluding hydrogens is 166 g/mol. The molecule has 3 rings (SSSR count). The van der Waals surface area contributed by atoms with Gasteiger partial charge in [-0.05, 0) is 6.07 Å². The molecule has 0 saturated heterocycles. The molecule has 0 atom stereocenters. The largest absolute Gasteiger partial charge is 0.424 e. The average molecular weight is 173 g/mol. The third-order valence-electron chi connectivity index (χ3n) is 2.07. The minimum atomic E-state index is 0.568. The first-order valence-electron chi connectivity index (χ1n) is 4.07. The van der Waals surface area contributed by atoms with Gasteiger partial charge in [-0.15, -0.1) is 0 Å². The molecule has 64 valence electrons. The van der Waals surface area contributed by atoms with Gasteiger partial charge in [-0.25, -0.2) is 4.68 Å². The Hall–Kier alpha value is -1.84. The fourth-order valence-corrected chi connectivity index (χ4v) is 1.43. The Labute approximate surface area is 74.8 Å². The van der Waals surface area contributed by atoms with E-state index in [4.69, 9.17) is 4.74 Å². The van der Waals surface area contributed by atoms with Gasteiger partial charge < -0.3 is 4.74 Å². The predicted molar refractivity (Wildman–Crippen MR) is 45.6 cm³/mol. The van der Waals surface area contributed by atoms with E-state index in [1.165, 1.54) is 6.33 Å². The first kappa shape index (κ1) is 6.65. The molecule has 0 spiro atoms. The lowest BCUT2D eigenvalue weighted by Gasteiger charge is -2.16. The van der Waals surface area contributed by atoms with Gasteiger partial charge in [0.05, 0.1) is 6.54 Å². The molecule has 4 heteroatoms. The Morgan fingerprint density at radius 3 is 3.23 bits per heavy atom. The van der Waals surface area contributed by atoms with Gasteiger partial charge in [0.1, 0.15) is 12.1 Å². The monoisotopic (exact) mass is 173 g/mol. The summed E-state index contributed by atoms with van der Waals surface area (Å²) in [7, 11) is 0. The highest BCUT2D eigenvalue weighted by Crippen LogP contribution is 2.29. The van der Waals surface area contributed by atoms with Crippen molar-refractivity contribution in [3.8, 4) is 11.8 Å². The first-order chi connectivity index (χ1) is 6.43. The number of benzene rings is 1. The fourth-order valence-electron chi connectivity index (χ4n) is 1.43. The maximum absolute atomic E-state index is 5.51. The van der Waals surface area contributed by atoms with Crippen LogP contribution in [0, 0.1) is 0 Å². The van der Waals surface area contributed by atoms with Gasteiger partial charge >= 0.3 is 6.01 Å². The van der Waals surface area contributed by atoms with Crippen LogP contribution in [0.2, 0.25) is 0 Å². The number of aromatic nitrogens is 3. The van der Waals surface area contributed by atoms with Crippen molar-refractivity contribution in [3.63, 3.8) is 0 Å². The Bertz CT molecular complexity index is 410. The van der Waals surface area contributed by atoms with E-state index in [1.807, 2.05) is 24.3 Å². The second kappa shape index (κ2) is 2.32. The summed E-state index contributed by atoms with van der Waals surface area (Å²) < 4.78 is 7.25. The number of fused-ring (bicyclic) bond motifs is 2. The average Bonchev–Trinajstić information content (AvgIpc) is 2.61. The van der Waals surface area contributed by atoms with Crippen LogP contribution < -0.4 is 4.74 Å². The molecule has 4 nitrogen and oxygen atoms in total. The number of ether oxygens (including phenoxy) is 1. The zero-order valence-corrected chi connectivity index (χ0v) is 6.84. The second-order valence-corrected chi connectivity index (χ2v) is 2.91. The van der Waals surface area contributed by atoms with E-state index in [0.29, 0.717) is 6.01 Å². The molecule has 0 amide bonds. The third kappa shape index (κ3) is 0.917. The van der Waals surface area contributed by atoms with Crippen molar-refractivity contribution in [2.45, 2.75) is 6.54 Å². The summed E-state index contributed by atoms with van der Waals surface area (Å²) in [5.41, 5.74) is 1.14. The van der Waals surface area contributed by atoms with Crippen LogP contribution in [0.5, 0.6) is 11.8 Å². The van der Waals surface area contributed by atoms with Crippen LogP contribution >= 0.6 is 0 Å². The molecular formula is C9H7N3O. The van der Waals surface area contributed by atoms with Gasteiger partial charge in [0.2, 0.25) is 0 Å². The second-order valence-electron chi connectivity index (χ2n) is 2.91. The SMILES string of the molecule is c1ccc2c(c1)Cn1ncnc1O2. The van der Waals surface area contributed by atoms with Gasteiger partial charge in [-0.1, -0.05) is 18.2 Å². The molecule has 0 fully saturated rings. The molecule has 0 N–H and O–H groups in total. The first-order valence-corrected chi connectivity index (χ1v) is 4.07. The molecule has 0 unspecified atom stereocenters. The van der Waals surface area contributed by atoms with Crippen molar-refractivity contribution in [1.29, 1.82) is 0 Å². The summed E-state index contributed by atoms with van der Waals surface area (Å²) in [4.78, 5) is 3.99. The molecule has 0 saturated carbocycles. The van der Waals surface area contributed by atoms with E-state index < -0.39 is 0 Å². The van der Waals surface area contributed by atoms with Crippen LogP contribution in [0.1, 0.15) is 5.56 Å². The smallest absolute Gasteiger partial charge is 0.320 e. The Kier molecular flexibility index (Phi) is 1.19. The Morgan fingerprint density at radius 2 is 2.23 bits per heavy atom. The minimum absolute atomic E-state index is 0.568. The van der Waals surface area contributed by atoms with E-state index in [1.54, 1.807) is 4.68 Å². The number of nitrogens with zero attached hydrogens (tertiary/aromatic N) is 3. The molecule has 2 aromatic rings. The van der Waals surface area contributed by atoms with Gasteiger partial charge in [-0.2, -0.15) is 10.1 Å². The number of hydrogen-bond donors (Lipinski definition) is 0. The van der Waals surface area contributed by atoms with Crippen molar-refractivity contribution in [2.75, 3.05) is 0 Å². The van der Waals surface area contributed by atoms with Gasteiger partial charge in [0.15, 0.2) is 0 Å². The lowest BCUT2D eigenvalue weighted by Crippen LogP contribution is -2.10. The number of rotatable bonds is 0. The molecule has 1 aromatic carbocycles. The summed E-state index contributed by atoms with van der Waals surface area (Å²) >= 11 is 0. The molecule has 0 radical (unpaired) electrons. The van der Waals surface area contributed by atoms with Crippen LogP contribution in [-0.4, -0.2) is 14.8 Å². The van der Waals surface area contributed by atoms with E-state index in [0.717, 1.165) is 17.9 Å². The fraction of sp³-hybridized carbons (Fsp3) is 0.111. The molecule has 0 aliphatic carbocycles. The molecule has 13 heavy (non-hydrogen) atoms. The summed E-state index contributed by atoms with van der Waals surface area (Å²) in [6.45, 7) is 0.742. The summed E-state index contributed by atoms with van der Waals surface area (Å²) in [6, 6.07) is 8.47. The van der Waals surface area contributed by atoms with Crippen LogP contribution in [0.25, 0.3) is 0 Å². The number of hydrogen-bond acceptors (Lipinski definition) is 3. The quantitative estimate of drug-likeness (QED) is 0.516. The minimum Gasteiger partial charge on any atom is -0.424 e. The van der Waals surface area contributed by atoms with Crippen molar-refractivity contribution < 1.29 is 4.74 Å². The molecule has 1 aliphatic heterocycles. The van der Waals surface area contributed by atoms with Crippen LogP contribution in [0.4, 0.5) is 0 Å². The molecule has 2 heterocycles. The predicted octanol–water partition coefficient (Wildman–Crippen LogP) is 1.43. The van der Waals surface area contributed by atoms with Gasteiger partial charge in [0.25, 0.3) is 0 Å². The molecule has 1 aromatic heterocycles. The van der Waals surface area contributed by atoms with Crippen LogP contribution in [0.3, 0.4) is 0 Å². The van der Waals surface area contributed by atoms with Gasteiger partial charge in [-0.3, -0.25) is 0 Å². The van der Waals surface area contributed by atoms with Crippen molar-refractivity contribution in [1.82, 2.24) is 14.8 Å². The lowest BCUT2D eigenvalue weighted by atomic mass is 10.2. The van der Waals surface area contributed by atoms with E-state index in [-0.39, 0.29) is 0 Å². The summed E-state index contributed by atoms with van der Waals surface area (Å²) in [6.07, 6.45) is 1.50. The van der Waals surface area contributed by atoms with Crippen molar-refractivity contribution >= 4 is 0 Å². The van der Waals surface area contributed by atoms with E-state index in [9.17, 15) is 0 Å². The molecule has 1 aliphatic rings. The van der Waals surface area contributed by atoms with Gasteiger partial charge in [0, 0.05) is 5.56 Å². The maximum Gasteiger partial charge on any atom is 0.320 e. The normalized spacial score (nSPS) is 12.9. The Morgan fingerprint density at radius 1 is 1.31 bits per heavy atom. The summed E-state index contributed by atoms with van der Waals surface area (Å²) in [5, 5.41) is 4.04. The molecule has 0 bridgehead atoms. The van der Waals surface area contributed by atoms with Crippen molar-refractivity contribution in [2.24, 2.45) is 0 Å². The highest BCUT2D eigenvalue weighted by molar-refractivity contribution is 5.37. The summed E-state index contributed by atoms with van der Waals surface area (Å²) in [5.74, 6) is 0.878. The van der Waals surface area contributed by atoms with Crippen molar-refractivity contribution in [3.05, 3.63) is 36.2 Å². The highest BCUT2D eigenvalue weighted by atomic mass is 16.5. The third-order valence-corrected chi connectivity index (χ3v) is 2.07. The lowest BCUT2D eigenvalue weighted by molar-refractivity contribution is 0.375. The number of para-hydroxylation sites is 1. The zero-order valence-electron chi connectivity index (χ0n) is 6.84. The van der Waals surface area contributed by atoms with Crippen LogP contribution in [-0.2, 0) is 6.54 Å². The van der Waals surface area contributed by atoms with E-state index in [2.05, 4.69) is 10.1 Å². The Balaban J connectivity index is 2.14. The highest BCUT2D eigenvalue weighted by Gasteiger charge is 2.16. The topological polar surface area (TPSA) is 39.9 Å². The maximum atomic E-state index is 5.51. The van der Waals surface area contributed by atoms with Crippen LogP contribution in [0.15, 0.2) is 30.6 Å². The zero-order chi connectivity index (χ0) is 8.67.